The van der Waals surface area contributed by atoms with Crippen LogP contribution >= 0.6 is 39.7 Å². The highest BCUT2D eigenvalue weighted by atomic mass is 79.9. The Kier molecular flexibility index (Phi) is 8.89. The lowest BCUT2D eigenvalue weighted by Crippen LogP contribution is -2.39. The second kappa shape index (κ2) is 10.9. The molecule has 0 spiro atoms. The molecule has 0 aliphatic rings. The normalized spacial score (nSPS) is 10.8. The summed E-state index contributed by atoms with van der Waals surface area (Å²) in [7, 11) is 1.64. The van der Waals surface area contributed by atoms with Crippen LogP contribution in [0.25, 0.3) is 10.2 Å². The molecule has 0 saturated carbocycles. The average Bonchev–Trinajstić information content (AvgIpc) is 3.15. The SMILES string of the molecule is CCN(CC)CCN(C(=O)c1ccccc1Br)c1nc2c(OC)cccc2s1.Cl. The number of thiazole rings is 1. The van der Waals surface area contributed by atoms with Crippen molar-refractivity contribution in [3.63, 3.8) is 0 Å². The Balaban J connectivity index is 0.00000300. The number of rotatable bonds is 8. The third-order valence-corrected chi connectivity index (χ3v) is 6.44. The Labute approximate surface area is 190 Å². The van der Waals surface area contributed by atoms with Gasteiger partial charge >= 0.3 is 0 Å². The molecule has 0 atom stereocenters. The predicted octanol–water partition coefficient (Wildman–Crippen LogP) is 5.48. The maximum atomic E-state index is 13.4. The Morgan fingerprint density at radius 2 is 1.83 bits per heavy atom. The van der Waals surface area contributed by atoms with Crippen molar-refractivity contribution >= 4 is 60.9 Å². The lowest BCUT2D eigenvalue weighted by molar-refractivity contribution is 0.0983. The van der Waals surface area contributed by atoms with Gasteiger partial charge in [-0.2, -0.15) is 0 Å². The third-order valence-electron chi connectivity index (χ3n) is 4.71. The average molecular weight is 499 g/mol. The highest BCUT2D eigenvalue weighted by Gasteiger charge is 2.24. The molecule has 0 unspecified atom stereocenters. The van der Waals surface area contributed by atoms with E-state index in [1.54, 1.807) is 12.0 Å². The van der Waals surface area contributed by atoms with Crippen LogP contribution < -0.4 is 9.64 Å². The number of amides is 1. The molecule has 29 heavy (non-hydrogen) atoms. The minimum atomic E-state index is -0.0577. The summed E-state index contributed by atoms with van der Waals surface area (Å²) in [6.07, 6.45) is 0. The van der Waals surface area contributed by atoms with Gasteiger partial charge < -0.3 is 9.64 Å². The number of hydrogen-bond donors (Lipinski definition) is 0. The molecule has 0 saturated heterocycles. The van der Waals surface area contributed by atoms with Crippen LogP contribution in [0.2, 0.25) is 0 Å². The van der Waals surface area contributed by atoms with Crippen LogP contribution in [-0.4, -0.2) is 49.1 Å². The zero-order valence-electron chi connectivity index (χ0n) is 16.7. The minimum Gasteiger partial charge on any atom is -0.494 e. The predicted molar refractivity (Wildman–Crippen MR) is 127 cm³/mol. The number of likely N-dealkylation sites (N-methyl/N-ethyl adjacent to an activating group) is 1. The molecule has 8 heteroatoms. The molecule has 0 radical (unpaired) electrons. The molecular formula is C21H25BrClN3O2S. The molecule has 0 fully saturated rings. The maximum Gasteiger partial charge on any atom is 0.261 e. The van der Waals surface area contributed by atoms with Crippen molar-refractivity contribution < 1.29 is 9.53 Å². The van der Waals surface area contributed by atoms with E-state index in [9.17, 15) is 4.79 Å². The molecule has 0 bridgehead atoms. The van der Waals surface area contributed by atoms with E-state index in [1.807, 2.05) is 42.5 Å². The summed E-state index contributed by atoms with van der Waals surface area (Å²) in [5, 5.41) is 0.687. The monoisotopic (exact) mass is 497 g/mol. The van der Waals surface area contributed by atoms with Gasteiger partial charge in [0.15, 0.2) is 5.13 Å². The van der Waals surface area contributed by atoms with E-state index in [4.69, 9.17) is 9.72 Å². The number of aromatic nitrogens is 1. The molecule has 156 valence electrons. The Morgan fingerprint density at radius 3 is 2.48 bits per heavy atom. The highest BCUT2D eigenvalue weighted by Crippen LogP contribution is 2.35. The van der Waals surface area contributed by atoms with Gasteiger partial charge in [-0.1, -0.05) is 43.4 Å². The summed E-state index contributed by atoms with van der Waals surface area (Å²) in [6, 6.07) is 13.3. The number of hydrogen-bond acceptors (Lipinski definition) is 5. The number of anilines is 1. The lowest BCUT2D eigenvalue weighted by atomic mass is 10.2. The van der Waals surface area contributed by atoms with E-state index >= 15 is 0 Å². The fraction of sp³-hybridized carbons (Fsp3) is 0.333. The van der Waals surface area contributed by atoms with Gasteiger partial charge in [-0.3, -0.25) is 9.69 Å². The van der Waals surface area contributed by atoms with Crippen molar-refractivity contribution in [2.24, 2.45) is 0 Å². The van der Waals surface area contributed by atoms with E-state index in [2.05, 4.69) is 34.7 Å². The van der Waals surface area contributed by atoms with Crippen LogP contribution in [0, 0.1) is 0 Å². The third kappa shape index (κ3) is 5.28. The molecule has 1 amide bonds. The Bertz CT molecular complexity index is 962. The van der Waals surface area contributed by atoms with Crippen LogP contribution in [-0.2, 0) is 0 Å². The zero-order chi connectivity index (χ0) is 20.1. The van der Waals surface area contributed by atoms with Crippen LogP contribution in [0.4, 0.5) is 5.13 Å². The number of para-hydroxylation sites is 1. The van der Waals surface area contributed by atoms with Gasteiger partial charge in [-0.25, -0.2) is 4.98 Å². The van der Waals surface area contributed by atoms with Gasteiger partial charge in [0.05, 0.1) is 17.4 Å². The van der Waals surface area contributed by atoms with Gasteiger partial charge in [0.25, 0.3) is 5.91 Å². The first-order chi connectivity index (χ1) is 13.6. The molecule has 3 aromatic rings. The van der Waals surface area contributed by atoms with Crippen LogP contribution in [0.15, 0.2) is 46.9 Å². The summed E-state index contributed by atoms with van der Waals surface area (Å²) in [6.45, 7) is 7.51. The fourth-order valence-electron chi connectivity index (χ4n) is 3.04. The van der Waals surface area contributed by atoms with E-state index in [1.165, 1.54) is 11.3 Å². The number of benzene rings is 2. The van der Waals surface area contributed by atoms with E-state index in [0.29, 0.717) is 17.2 Å². The summed E-state index contributed by atoms with van der Waals surface area (Å²) in [5.41, 5.74) is 1.42. The minimum absolute atomic E-state index is 0. The van der Waals surface area contributed by atoms with Crippen molar-refractivity contribution in [3.8, 4) is 5.75 Å². The zero-order valence-corrected chi connectivity index (χ0v) is 19.9. The number of nitrogens with zero attached hydrogens (tertiary/aromatic N) is 3. The van der Waals surface area contributed by atoms with E-state index < -0.39 is 0 Å². The number of carbonyl (C=O) groups is 1. The molecule has 5 nitrogen and oxygen atoms in total. The molecule has 0 N–H and O–H groups in total. The highest BCUT2D eigenvalue weighted by molar-refractivity contribution is 9.10. The maximum absolute atomic E-state index is 13.4. The Morgan fingerprint density at radius 1 is 1.10 bits per heavy atom. The molecule has 3 rings (SSSR count). The largest absolute Gasteiger partial charge is 0.494 e. The fourth-order valence-corrected chi connectivity index (χ4v) is 4.50. The van der Waals surface area contributed by atoms with Crippen LogP contribution in [0.3, 0.4) is 0 Å². The van der Waals surface area contributed by atoms with Crippen molar-refractivity contribution in [2.75, 3.05) is 38.2 Å². The van der Waals surface area contributed by atoms with E-state index in [-0.39, 0.29) is 18.3 Å². The quantitative estimate of drug-likeness (QED) is 0.413. The molecular weight excluding hydrogens is 474 g/mol. The van der Waals surface area contributed by atoms with Crippen molar-refractivity contribution in [1.82, 2.24) is 9.88 Å². The first-order valence-electron chi connectivity index (χ1n) is 9.31. The molecule has 1 aromatic heterocycles. The molecule has 0 aliphatic carbocycles. The number of methoxy groups -OCH3 is 1. The van der Waals surface area contributed by atoms with Gasteiger partial charge in [0, 0.05) is 17.6 Å². The van der Waals surface area contributed by atoms with Crippen LogP contribution in [0.1, 0.15) is 24.2 Å². The van der Waals surface area contributed by atoms with Gasteiger partial charge in [0.2, 0.25) is 0 Å². The first kappa shape index (κ1) is 23.6. The second-order valence-electron chi connectivity index (χ2n) is 6.27. The first-order valence-corrected chi connectivity index (χ1v) is 10.9. The summed E-state index contributed by atoms with van der Waals surface area (Å²) in [4.78, 5) is 22.2. The van der Waals surface area contributed by atoms with Gasteiger partial charge in [-0.15, -0.1) is 12.4 Å². The summed E-state index contributed by atoms with van der Waals surface area (Å²) in [5.74, 6) is 0.662. The van der Waals surface area contributed by atoms with Gasteiger partial charge in [0.1, 0.15) is 11.3 Å². The second-order valence-corrected chi connectivity index (χ2v) is 8.13. The molecule has 1 heterocycles. The number of carbonyl (C=O) groups excluding carboxylic acids is 1. The molecule has 2 aromatic carbocycles. The molecule has 0 aliphatic heterocycles. The van der Waals surface area contributed by atoms with Crippen molar-refractivity contribution in [2.45, 2.75) is 13.8 Å². The van der Waals surface area contributed by atoms with Crippen molar-refractivity contribution in [1.29, 1.82) is 0 Å². The number of halogens is 2. The number of fused-ring (bicyclic) bond motifs is 1. The smallest absolute Gasteiger partial charge is 0.261 e. The van der Waals surface area contributed by atoms with Gasteiger partial charge in [-0.05, 0) is 53.3 Å². The standard InChI is InChI=1S/C21H24BrN3O2S.ClH/c1-4-24(5-2)13-14-25(20(26)15-9-6-7-10-16(15)22)21-23-19-17(27-3)11-8-12-18(19)28-21;/h6-12H,4-5,13-14H2,1-3H3;1H. The van der Waals surface area contributed by atoms with Crippen LogP contribution in [0.5, 0.6) is 5.75 Å². The topological polar surface area (TPSA) is 45.7 Å². The lowest BCUT2D eigenvalue weighted by Gasteiger charge is -2.25. The van der Waals surface area contributed by atoms with E-state index in [0.717, 1.165) is 40.1 Å². The summed E-state index contributed by atoms with van der Waals surface area (Å²) < 4.78 is 7.23. The number of ether oxygens (including phenoxy) is 1. The summed E-state index contributed by atoms with van der Waals surface area (Å²) >= 11 is 5.02. The van der Waals surface area contributed by atoms with Crippen molar-refractivity contribution in [3.05, 3.63) is 52.5 Å². The Hall–Kier alpha value is -1.67.